The first-order valence-electron chi connectivity index (χ1n) is 7.02. The van der Waals surface area contributed by atoms with Crippen molar-refractivity contribution in [3.05, 3.63) is 23.8 Å². The lowest BCUT2D eigenvalue weighted by Gasteiger charge is -2.29. The molecule has 0 radical (unpaired) electrons. The van der Waals surface area contributed by atoms with E-state index in [1.807, 2.05) is 0 Å². The third-order valence-corrected chi connectivity index (χ3v) is 3.77. The van der Waals surface area contributed by atoms with Crippen LogP contribution in [0.2, 0.25) is 0 Å². The molecule has 1 aromatic carbocycles. The summed E-state index contributed by atoms with van der Waals surface area (Å²) in [5, 5.41) is 0. The summed E-state index contributed by atoms with van der Waals surface area (Å²) >= 11 is 0. The van der Waals surface area contributed by atoms with Crippen molar-refractivity contribution in [2.75, 3.05) is 14.2 Å². The molecule has 1 aromatic rings. The van der Waals surface area contributed by atoms with Gasteiger partial charge in [0.05, 0.1) is 18.8 Å². The number of benzene rings is 1. The molecule has 0 aliphatic heterocycles. The second kappa shape index (κ2) is 6.75. The highest BCUT2D eigenvalue weighted by atomic mass is 16.5. The first kappa shape index (κ1) is 14.9. The summed E-state index contributed by atoms with van der Waals surface area (Å²) in [4.78, 5) is 11.7. The molecule has 1 fully saturated rings. The average molecular weight is 278 g/mol. The summed E-state index contributed by atoms with van der Waals surface area (Å²) in [6, 6.07) is 5.32. The molecule has 1 aliphatic carbocycles. The fourth-order valence-corrected chi connectivity index (χ4v) is 2.62. The van der Waals surface area contributed by atoms with Gasteiger partial charge in [0.2, 0.25) is 0 Å². The van der Waals surface area contributed by atoms with Crippen LogP contribution in [0.1, 0.15) is 43.0 Å². The van der Waals surface area contributed by atoms with Gasteiger partial charge in [0.25, 0.3) is 0 Å². The predicted molar refractivity (Wildman–Crippen MR) is 76.7 cm³/mol. The maximum absolute atomic E-state index is 11.7. The molecule has 1 aliphatic rings. The molecule has 0 amide bonds. The summed E-state index contributed by atoms with van der Waals surface area (Å²) in [6.07, 6.45) is 4.37. The molecule has 20 heavy (non-hydrogen) atoms. The van der Waals surface area contributed by atoms with Gasteiger partial charge in [-0.25, -0.2) is 0 Å². The summed E-state index contributed by atoms with van der Waals surface area (Å²) in [5.41, 5.74) is 0.602. The number of rotatable bonds is 5. The van der Waals surface area contributed by atoms with E-state index in [9.17, 15) is 4.79 Å². The molecule has 0 N–H and O–H groups in total. The van der Waals surface area contributed by atoms with E-state index < -0.39 is 0 Å². The van der Waals surface area contributed by atoms with Gasteiger partial charge in [0.15, 0.2) is 5.78 Å². The van der Waals surface area contributed by atoms with Crippen molar-refractivity contribution in [1.82, 2.24) is 0 Å². The van der Waals surface area contributed by atoms with Gasteiger partial charge < -0.3 is 14.2 Å². The second-order valence-corrected chi connectivity index (χ2v) is 5.18. The largest absolute Gasteiger partial charge is 0.497 e. The summed E-state index contributed by atoms with van der Waals surface area (Å²) in [6.45, 7) is 1.55. The minimum Gasteiger partial charge on any atom is -0.497 e. The van der Waals surface area contributed by atoms with Crippen LogP contribution in [0.3, 0.4) is 0 Å². The molecule has 2 atom stereocenters. The number of Topliss-reactive ketones (excluding diaryl/α,β-unsaturated/α-hetero) is 1. The van der Waals surface area contributed by atoms with Gasteiger partial charge in [0.1, 0.15) is 17.6 Å². The van der Waals surface area contributed by atoms with Crippen molar-refractivity contribution in [2.24, 2.45) is 0 Å². The fraction of sp³-hybridized carbons (Fsp3) is 0.562. The topological polar surface area (TPSA) is 44.8 Å². The first-order valence-corrected chi connectivity index (χ1v) is 7.02. The number of ketones is 1. The molecule has 0 saturated heterocycles. The molecule has 0 aromatic heterocycles. The van der Waals surface area contributed by atoms with E-state index in [2.05, 4.69) is 0 Å². The Kier molecular flexibility index (Phi) is 5.01. The van der Waals surface area contributed by atoms with E-state index in [1.165, 1.54) is 0 Å². The fourth-order valence-electron chi connectivity index (χ4n) is 2.62. The molecule has 0 heterocycles. The number of hydrogen-bond donors (Lipinski definition) is 0. The van der Waals surface area contributed by atoms with Gasteiger partial charge in [0, 0.05) is 19.6 Å². The standard InChI is InChI=1S/C16H22O4/c1-11(17)15-8-7-13(19-3)10-16(15)20-14-6-4-5-12(9-14)18-2/h7-8,10,12,14H,4-6,9H2,1-3H3. The van der Waals surface area contributed by atoms with Gasteiger partial charge in [-0.15, -0.1) is 0 Å². The summed E-state index contributed by atoms with van der Waals surface area (Å²) in [5.74, 6) is 1.31. The number of carbonyl (C=O) groups excluding carboxylic acids is 1. The Morgan fingerprint density at radius 1 is 1.20 bits per heavy atom. The zero-order chi connectivity index (χ0) is 14.5. The van der Waals surface area contributed by atoms with Crippen LogP contribution in [0.25, 0.3) is 0 Å². The van der Waals surface area contributed by atoms with Crippen LogP contribution in [0.15, 0.2) is 18.2 Å². The van der Waals surface area contributed by atoms with Gasteiger partial charge in [-0.1, -0.05) is 0 Å². The molecule has 0 bridgehead atoms. The van der Waals surface area contributed by atoms with Crippen molar-refractivity contribution < 1.29 is 19.0 Å². The van der Waals surface area contributed by atoms with Crippen LogP contribution < -0.4 is 9.47 Å². The molecule has 4 heteroatoms. The van der Waals surface area contributed by atoms with E-state index >= 15 is 0 Å². The van der Waals surface area contributed by atoms with Crippen molar-refractivity contribution >= 4 is 5.78 Å². The lowest BCUT2D eigenvalue weighted by molar-refractivity contribution is 0.0207. The molecular formula is C16H22O4. The molecule has 2 unspecified atom stereocenters. The van der Waals surface area contributed by atoms with Crippen molar-refractivity contribution in [3.63, 3.8) is 0 Å². The molecule has 4 nitrogen and oxygen atoms in total. The maximum atomic E-state index is 11.7. The molecule has 2 rings (SSSR count). The predicted octanol–water partition coefficient (Wildman–Crippen LogP) is 3.23. The van der Waals surface area contributed by atoms with Crippen LogP contribution in [-0.2, 0) is 4.74 Å². The zero-order valence-electron chi connectivity index (χ0n) is 12.3. The smallest absolute Gasteiger partial charge is 0.163 e. The SMILES string of the molecule is COc1ccc(C(C)=O)c(OC2CCCC(OC)C2)c1. The first-order chi connectivity index (χ1) is 9.63. The normalized spacial score (nSPS) is 22.4. The average Bonchev–Trinajstić information content (AvgIpc) is 2.47. The quantitative estimate of drug-likeness (QED) is 0.776. The summed E-state index contributed by atoms with van der Waals surface area (Å²) in [7, 11) is 3.34. The lowest BCUT2D eigenvalue weighted by Crippen LogP contribution is -2.29. The van der Waals surface area contributed by atoms with Crippen LogP contribution in [0.4, 0.5) is 0 Å². The van der Waals surface area contributed by atoms with Crippen molar-refractivity contribution in [2.45, 2.75) is 44.8 Å². The van der Waals surface area contributed by atoms with Gasteiger partial charge in [-0.2, -0.15) is 0 Å². The highest BCUT2D eigenvalue weighted by Gasteiger charge is 2.24. The van der Waals surface area contributed by atoms with Crippen molar-refractivity contribution in [3.8, 4) is 11.5 Å². The van der Waals surface area contributed by atoms with E-state index in [1.54, 1.807) is 39.3 Å². The molecule has 1 saturated carbocycles. The van der Waals surface area contributed by atoms with Gasteiger partial charge in [-0.05, 0) is 38.3 Å². The van der Waals surface area contributed by atoms with Crippen LogP contribution in [0, 0.1) is 0 Å². The molecule has 0 spiro atoms. The highest BCUT2D eigenvalue weighted by Crippen LogP contribution is 2.30. The Morgan fingerprint density at radius 3 is 2.60 bits per heavy atom. The molecule has 110 valence electrons. The number of ether oxygens (including phenoxy) is 3. The van der Waals surface area contributed by atoms with Crippen molar-refractivity contribution in [1.29, 1.82) is 0 Å². The third-order valence-electron chi connectivity index (χ3n) is 3.77. The van der Waals surface area contributed by atoms with E-state index in [-0.39, 0.29) is 18.0 Å². The third kappa shape index (κ3) is 3.51. The Bertz CT molecular complexity index is 470. The summed E-state index contributed by atoms with van der Waals surface area (Å²) < 4.78 is 16.7. The molecular weight excluding hydrogens is 256 g/mol. The number of hydrogen-bond acceptors (Lipinski definition) is 4. The van der Waals surface area contributed by atoms with Gasteiger partial charge >= 0.3 is 0 Å². The maximum Gasteiger partial charge on any atom is 0.163 e. The highest BCUT2D eigenvalue weighted by molar-refractivity contribution is 5.97. The Hall–Kier alpha value is -1.55. The number of methoxy groups -OCH3 is 2. The monoisotopic (exact) mass is 278 g/mol. The minimum absolute atomic E-state index is 0.00162. The van der Waals surface area contributed by atoms with Gasteiger partial charge in [-0.3, -0.25) is 4.79 Å². The Balaban J connectivity index is 2.16. The second-order valence-electron chi connectivity index (χ2n) is 5.18. The lowest BCUT2D eigenvalue weighted by atomic mass is 9.94. The van der Waals surface area contributed by atoms with E-state index in [0.717, 1.165) is 25.7 Å². The Labute approximate surface area is 120 Å². The zero-order valence-corrected chi connectivity index (χ0v) is 12.3. The van der Waals surface area contributed by atoms with E-state index in [0.29, 0.717) is 17.1 Å². The Morgan fingerprint density at radius 2 is 1.95 bits per heavy atom. The van der Waals surface area contributed by atoms with Crippen LogP contribution in [0.5, 0.6) is 11.5 Å². The number of carbonyl (C=O) groups is 1. The van der Waals surface area contributed by atoms with E-state index in [4.69, 9.17) is 14.2 Å². The van der Waals surface area contributed by atoms with Crippen LogP contribution in [-0.4, -0.2) is 32.2 Å². The van der Waals surface area contributed by atoms with Crippen LogP contribution >= 0.6 is 0 Å². The minimum atomic E-state index is 0.00162.